The van der Waals surface area contributed by atoms with Crippen molar-refractivity contribution in [2.24, 2.45) is 0 Å². The standard InChI is InChI=1S/C18H22N4O4/c1-13-9-14(4-5-16(13)22-12-19-11-20-22)18(25)21(7-6-17(23)24)10-15-3-2-8-26-15/h4-5,9,11-12,15H,2-3,6-8,10H2,1H3,(H,23,24)/t15-/m1/s1. The zero-order valence-corrected chi connectivity index (χ0v) is 14.7. The molecule has 138 valence electrons. The summed E-state index contributed by atoms with van der Waals surface area (Å²) in [5.41, 5.74) is 2.25. The molecule has 1 aliphatic heterocycles. The van der Waals surface area contributed by atoms with Crippen LogP contribution >= 0.6 is 0 Å². The number of carboxylic acids is 1. The summed E-state index contributed by atoms with van der Waals surface area (Å²) in [7, 11) is 0. The Kier molecular flexibility index (Phi) is 5.62. The number of rotatable bonds is 7. The van der Waals surface area contributed by atoms with Crippen molar-refractivity contribution in [3.05, 3.63) is 42.0 Å². The van der Waals surface area contributed by atoms with E-state index in [9.17, 15) is 9.59 Å². The molecule has 1 fully saturated rings. The number of amides is 1. The number of ether oxygens (including phenoxy) is 1. The molecular formula is C18H22N4O4. The van der Waals surface area contributed by atoms with E-state index in [1.54, 1.807) is 28.0 Å². The molecule has 1 aromatic heterocycles. The molecule has 2 heterocycles. The molecule has 1 aliphatic rings. The van der Waals surface area contributed by atoms with Gasteiger partial charge < -0.3 is 14.7 Å². The zero-order valence-electron chi connectivity index (χ0n) is 14.7. The van der Waals surface area contributed by atoms with E-state index in [2.05, 4.69) is 10.1 Å². The van der Waals surface area contributed by atoms with Crippen LogP contribution < -0.4 is 0 Å². The second-order valence-electron chi connectivity index (χ2n) is 6.37. The molecule has 0 unspecified atom stereocenters. The lowest BCUT2D eigenvalue weighted by Crippen LogP contribution is -2.38. The predicted octanol–water partition coefficient (Wildman–Crippen LogP) is 1.67. The SMILES string of the molecule is Cc1cc(C(=O)N(CCC(=O)O)C[C@H]2CCCO2)ccc1-n1cncn1. The Morgan fingerprint density at radius 1 is 1.42 bits per heavy atom. The van der Waals surface area contributed by atoms with Crippen LogP contribution in [0.25, 0.3) is 5.69 Å². The van der Waals surface area contributed by atoms with E-state index in [1.165, 1.54) is 6.33 Å². The van der Waals surface area contributed by atoms with Crippen LogP contribution in [-0.4, -0.2) is 62.4 Å². The fourth-order valence-corrected chi connectivity index (χ4v) is 3.10. The van der Waals surface area contributed by atoms with Gasteiger partial charge in [0.2, 0.25) is 0 Å². The van der Waals surface area contributed by atoms with Gasteiger partial charge in [-0.25, -0.2) is 9.67 Å². The fraction of sp³-hybridized carbons (Fsp3) is 0.444. The van der Waals surface area contributed by atoms with Crippen LogP contribution in [0.3, 0.4) is 0 Å². The number of benzene rings is 1. The minimum absolute atomic E-state index is 0.0248. The highest BCUT2D eigenvalue weighted by molar-refractivity contribution is 5.95. The summed E-state index contributed by atoms with van der Waals surface area (Å²) in [5.74, 6) is -1.11. The Balaban J connectivity index is 1.78. The van der Waals surface area contributed by atoms with Gasteiger partial charge in [0.25, 0.3) is 5.91 Å². The average Bonchev–Trinajstić information content (AvgIpc) is 3.31. The van der Waals surface area contributed by atoms with Crippen LogP contribution in [0.15, 0.2) is 30.9 Å². The number of carboxylic acid groups (broad SMARTS) is 1. The maximum Gasteiger partial charge on any atom is 0.305 e. The third-order valence-electron chi connectivity index (χ3n) is 4.44. The Hall–Kier alpha value is -2.74. The van der Waals surface area contributed by atoms with Crippen LogP contribution in [0.5, 0.6) is 0 Å². The van der Waals surface area contributed by atoms with E-state index < -0.39 is 5.97 Å². The first-order chi connectivity index (χ1) is 12.5. The summed E-state index contributed by atoms with van der Waals surface area (Å²) in [6, 6.07) is 5.34. The predicted molar refractivity (Wildman–Crippen MR) is 93.2 cm³/mol. The molecule has 1 amide bonds. The largest absolute Gasteiger partial charge is 0.481 e. The van der Waals surface area contributed by atoms with Crippen molar-refractivity contribution in [3.63, 3.8) is 0 Å². The van der Waals surface area contributed by atoms with Crippen molar-refractivity contribution in [3.8, 4) is 5.69 Å². The first-order valence-corrected chi connectivity index (χ1v) is 8.63. The molecule has 0 bridgehead atoms. The molecule has 0 saturated carbocycles. The Labute approximate surface area is 151 Å². The Bertz CT molecular complexity index is 770. The molecule has 1 aromatic carbocycles. The van der Waals surface area contributed by atoms with E-state index in [4.69, 9.17) is 9.84 Å². The number of hydrogen-bond donors (Lipinski definition) is 1. The average molecular weight is 358 g/mol. The molecule has 1 N–H and O–H groups in total. The van der Waals surface area contributed by atoms with E-state index in [1.807, 2.05) is 13.0 Å². The van der Waals surface area contributed by atoms with Crippen LogP contribution in [0.1, 0.15) is 35.2 Å². The second kappa shape index (κ2) is 8.09. The van der Waals surface area contributed by atoms with Crippen molar-refractivity contribution in [2.75, 3.05) is 19.7 Å². The minimum atomic E-state index is -0.923. The van der Waals surface area contributed by atoms with E-state index in [0.717, 1.165) is 24.1 Å². The fourth-order valence-electron chi connectivity index (χ4n) is 3.10. The summed E-state index contributed by atoms with van der Waals surface area (Å²) < 4.78 is 7.25. The lowest BCUT2D eigenvalue weighted by molar-refractivity contribution is -0.137. The summed E-state index contributed by atoms with van der Waals surface area (Å²) in [6.45, 7) is 3.17. The van der Waals surface area contributed by atoms with Gasteiger partial charge in [-0.05, 0) is 43.5 Å². The van der Waals surface area contributed by atoms with E-state index in [0.29, 0.717) is 18.7 Å². The van der Waals surface area contributed by atoms with Gasteiger partial charge in [0.15, 0.2) is 0 Å². The van der Waals surface area contributed by atoms with E-state index in [-0.39, 0.29) is 25.0 Å². The quantitative estimate of drug-likeness (QED) is 0.809. The number of carbonyl (C=O) groups excluding carboxylic acids is 1. The van der Waals surface area contributed by atoms with Gasteiger partial charge in [0.05, 0.1) is 18.2 Å². The van der Waals surface area contributed by atoms with Gasteiger partial charge in [0.1, 0.15) is 12.7 Å². The number of aryl methyl sites for hydroxylation is 1. The van der Waals surface area contributed by atoms with Gasteiger partial charge in [0, 0.05) is 25.3 Å². The van der Waals surface area contributed by atoms with Gasteiger partial charge in [-0.2, -0.15) is 5.10 Å². The third-order valence-corrected chi connectivity index (χ3v) is 4.44. The van der Waals surface area contributed by atoms with Crippen molar-refractivity contribution in [1.82, 2.24) is 19.7 Å². The first-order valence-electron chi connectivity index (χ1n) is 8.63. The summed E-state index contributed by atoms with van der Waals surface area (Å²) in [4.78, 5) is 29.4. The molecule has 1 saturated heterocycles. The van der Waals surface area contributed by atoms with E-state index >= 15 is 0 Å². The molecular weight excluding hydrogens is 336 g/mol. The minimum Gasteiger partial charge on any atom is -0.481 e. The van der Waals surface area contributed by atoms with Crippen molar-refractivity contribution in [1.29, 1.82) is 0 Å². The summed E-state index contributed by atoms with van der Waals surface area (Å²) in [6.07, 6.45) is 4.80. The maximum atomic E-state index is 12.9. The first kappa shape index (κ1) is 18.1. The Morgan fingerprint density at radius 2 is 2.27 bits per heavy atom. The molecule has 0 aliphatic carbocycles. The smallest absolute Gasteiger partial charge is 0.305 e. The lowest BCUT2D eigenvalue weighted by Gasteiger charge is -2.25. The molecule has 1 atom stereocenters. The molecule has 3 rings (SSSR count). The highest BCUT2D eigenvalue weighted by Gasteiger charge is 2.24. The van der Waals surface area contributed by atoms with Crippen LogP contribution in [0.4, 0.5) is 0 Å². The summed E-state index contributed by atoms with van der Waals surface area (Å²) in [5, 5.41) is 13.1. The highest BCUT2D eigenvalue weighted by atomic mass is 16.5. The van der Waals surface area contributed by atoms with Crippen LogP contribution in [0, 0.1) is 6.92 Å². The highest BCUT2D eigenvalue weighted by Crippen LogP contribution is 2.19. The molecule has 8 heteroatoms. The van der Waals surface area contributed by atoms with Crippen LogP contribution in [-0.2, 0) is 9.53 Å². The maximum absolute atomic E-state index is 12.9. The zero-order chi connectivity index (χ0) is 18.5. The van der Waals surface area contributed by atoms with Crippen LogP contribution in [0.2, 0.25) is 0 Å². The molecule has 2 aromatic rings. The number of carbonyl (C=O) groups is 2. The normalized spacial score (nSPS) is 16.6. The third kappa shape index (κ3) is 4.26. The van der Waals surface area contributed by atoms with Gasteiger partial charge in [-0.15, -0.1) is 0 Å². The summed E-state index contributed by atoms with van der Waals surface area (Å²) >= 11 is 0. The number of nitrogens with zero attached hydrogens (tertiary/aromatic N) is 4. The molecule has 0 radical (unpaired) electrons. The monoisotopic (exact) mass is 358 g/mol. The number of aliphatic carboxylic acids is 1. The lowest BCUT2D eigenvalue weighted by atomic mass is 10.1. The van der Waals surface area contributed by atoms with Gasteiger partial charge in [-0.1, -0.05) is 0 Å². The second-order valence-corrected chi connectivity index (χ2v) is 6.37. The molecule has 8 nitrogen and oxygen atoms in total. The van der Waals surface area contributed by atoms with Gasteiger partial charge in [-0.3, -0.25) is 9.59 Å². The van der Waals surface area contributed by atoms with Crippen molar-refractivity contribution in [2.45, 2.75) is 32.3 Å². The topological polar surface area (TPSA) is 97.6 Å². The van der Waals surface area contributed by atoms with Crippen molar-refractivity contribution >= 4 is 11.9 Å². The molecule has 26 heavy (non-hydrogen) atoms. The molecule has 0 spiro atoms. The van der Waals surface area contributed by atoms with Crippen molar-refractivity contribution < 1.29 is 19.4 Å². The number of hydrogen-bond acceptors (Lipinski definition) is 5. The number of aromatic nitrogens is 3. The van der Waals surface area contributed by atoms with Gasteiger partial charge >= 0.3 is 5.97 Å². The Morgan fingerprint density at radius 3 is 2.88 bits per heavy atom.